The molecule has 0 saturated carbocycles. The van der Waals surface area contributed by atoms with Crippen LogP contribution in [0.15, 0.2) is 0 Å². The van der Waals surface area contributed by atoms with Crippen LogP contribution in [-0.2, 0) is 28.6 Å². The third-order valence-corrected chi connectivity index (χ3v) is 0. The predicted molar refractivity (Wildman–Crippen MR) is 20.8 cm³/mol. The van der Waals surface area contributed by atoms with E-state index in [2.05, 4.69) is 0 Å². The third-order valence-electron chi connectivity index (χ3n) is 0. The summed E-state index contributed by atoms with van der Waals surface area (Å²) in [6.07, 6.45) is 0. The predicted octanol–water partition coefficient (Wildman–Crippen LogP) is -1.97. The van der Waals surface area contributed by atoms with Crippen LogP contribution in [0.5, 0.6) is 0 Å². The van der Waals surface area contributed by atoms with Gasteiger partial charge >= 0.3 is 19.5 Å². The molecule has 0 aliphatic heterocycles. The van der Waals surface area contributed by atoms with E-state index >= 15 is 0 Å². The first-order chi connectivity index (χ1) is 2.83. The van der Waals surface area contributed by atoms with E-state index in [9.17, 15) is 0 Å². The van der Waals surface area contributed by atoms with Crippen molar-refractivity contribution in [2.75, 3.05) is 0 Å². The van der Waals surface area contributed by atoms with Crippen LogP contribution in [0.1, 0.15) is 0 Å². The molecule has 0 aliphatic carbocycles. The molecule has 0 radical (unpaired) electrons. The van der Waals surface area contributed by atoms with E-state index in [0.717, 1.165) is 0 Å². The van der Waals surface area contributed by atoms with Crippen LogP contribution in [0.2, 0.25) is 0 Å². The molecule has 2 atom stereocenters. The molecule has 0 saturated heterocycles. The van der Waals surface area contributed by atoms with Gasteiger partial charge in [-0.3, -0.25) is 0 Å². The molecule has 0 bridgehead atoms. The number of rotatable bonds is 0. The van der Waals surface area contributed by atoms with E-state index in [0.29, 0.717) is 0 Å². The first-order valence-corrected chi connectivity index (χ1v) is 2.83. The standard InChI is InChI=1S/2H3O2P.Ru/c2*1-3-2;/h2*3H2,(H,1,2);/q;;+2/p-2. The molecule has 0 aromatic carbocycles. The maximum absolute atomic E-state index is 8.46. The van der Waals surface area contributed by atoms with Gasteiger partial charge in [0.25, 0.3) is 0 Å². The van der Waals surface area contributed by atoms with Crippen LogP contribution >= 0.6 is 17.4 Å². The van der Waals surface area contributed by atoms with Gasteiger partial charge in [0, 0.05) is 0 Å². The molecule has 0 fully saturated rings. The zero-order chi connectivity index (χ0) is 5.41. The SMILES string of the molecule is O=[PH2][O-].O=[PH2][O-].[Ru+2]. The molecule has 7 heavy (non-hydrogen) atoms. The van der Waals surface area contributed by atoms with Crippen molar-refractivity contribution < 1.29 is 38.4 Å². The topological polar surface area (TPSA) is 80.3 Å². The van der Waals surface area contributed by atoms with E-state index in [1.165, 1.54) is 0 Å². The maximum Gasteiger partial charge on any atom is 2.00 e. The summed E-state index contributed by atoms with van der Waals surface area (Å²) >= 11 is 0. The van der Waals surface area contributed by atoms with Gasteiger partial charge < -0.3 is 18.9 Å². The minimum Gasteiger partial charge on any atom is -0.804 e. The summed E-state index contributed by atoms with van der Waals surface area (Å²) in [4.78, 5) is 16.9. The summed E-state index contributed by atoms with van der Waals surface area (Å²) in [7, 11) is -3.50. The molecule has 4 nitrogen and oxygen atoms in total. The average Bonchev–Trinajstić information content (AvgIpc) is 1.39. The molecular formula is H4O4P2Ru. The summed E-state index contributed by atoms with van der Waals surface area (Å²) in [6.45, 7) is 0. The second-order valence-corrected chi connectivity index (χ2v) is 0.577. The second kappa shape index (κ2) is 28.0. The smallest absolute Gasteiger partial charge is 0.804 e. The van der Waals surface area contributed by atoms with Crippen molar-refractivity contribution in [1.29, 1.82) is 0 Å². The Morgan fingerprint density at radius 3 is 1.00 bits per heavy atom. The monoisotopic (exact) mass is 232 g/mol. The third kappa shape index (κ3) is 174. The Balaban J connectivity index is -0.0000000400. The van der Waals surface area contributed by atoms with Gasteiger partial charge in [-0.05, 0) is 17.4 Å². The number of hydrogen-bond donors (Lipinski definition) is 0. The van der Waals surface area contributed by atoms with Crippen LogP contribution < -0.4 is 9.79 Å². The molecule has 0 spiro atoms. The Labute approximate surface area is 56.3 Å². The number of hydrogen-bond acceptors (Lipinski definition) is 4. The summed E-state index contributed by atoms with van der Waals surface area (Å²) in [5.74, 6) is 0. The van der Waals surface area contributed by atoms with Crippen molar-refractivity contribution in [2.45, 2.75) is 0 Å². The summed E-state index contributed by atoms with van der Waals surface area (Å²) < 4.78 is 16.9. The fraction of sp³-hybridized carbons (Fsp3) is 0. The van der Waals surface area contributed by atoms with E-state index in [4.69, 9.17) is 18.9 Å². The first kappa shape index (κ1) is 15.7. The van der Waals surface area contributed by atoms with Crippen molar-refractivity contribution in [3.63, 3.8) is 0 Å². The van der Waals surface area contributed by atoms with Crippen LogP contribution in [0.3, 0.4) is 0 Å². The van der Waals surface area contributed by atoms with Gasteiger partial charge in [0.05, 0.1) is 0 Å². The molecule has 2 unspecified atom stereocenters. The minimum absolute atomic E-state index is 0. The van der Waals surface area contributed by atoms with E-state index in [-0.39, 0.29) is 19.5 Å². The summed E-state index contributed by atoms with van der Waals surface area (Å²) in [5, 5.41) is 0. The summed E-state index contributed by atoms with van der Waals surface area (Å²) in [5.41, 5.74) is 0. The van der Waals surface area contributed by atoms with E-state index in [1.54, 1.807) is 0 Å². The van der Waals surface area contributed by atoms with E-state index in [1.807, 2.05) is 0 Å². The van der Waals surface area contributed by atoms with Gasteiger partial charge in [0.1, 0.15) is 0 Å². The van der Waals surface area contributed by atoms with Crippen molar-refractivity contribution in [3.05, 3.63) is 0 Å². The van der Waals surface area contributed by atoms with Gasteiger partial charge in [-0.1, -0.05) is 0 Å². The normalized spacial score (nSPS) is 8.29. The molecule has 0 aromatic heterocycles. The van der Waals surface area contributed by atoms with Crippen LogP contribution in [0.25, 0.3) is 0 Å². The maximum atomic E-state index is 8.46. The minimum atomic E-state index is -1.75. The Morgan fingerprint density at radius 1 is 1.00 bits per heavy atom. The van der Waals surface area contributed by atoms with Gasteiger partial charge in [-0.2, -0.15) is 0 Å². The summed E-state index contributed by atoms with van der Waals surface area (Å²) in [6, 6.07) is 0. The molecule has 0 rings (SSSR count). The fourth-order valence-corrected chi connectivity index (χ4v) is 0. The molecule has 7 heteroatoms. The second-order valence-electron chi connectivity index (χ2n) is 0.192. The molecule has 0 heterocycles. The van der Waals surface area contributed by atoms with Crippen molar-refractivity contribution in [3.8, 4) is 0 Å². The largest absolute Gasteiger partial charge is 2.00 e. The van der Waals surface area contributed by atoms with Gasteiger partial charge in [0.15, 0.2) is 0 Å². The molecule has 0 N–H and O–H groups in total. The zero-order valence-electron chi connectivity index (χ0n) is 3.14. The zero-order valence-corrected chi connectivity index (χ0v) is 7.19. The van der Waals surface area contributed by atoms with Crippen molar-refractivity contribution in [2.24, 2.45) is 0 Å². The Hall–Kier alpha value is 1.00. The molecule has 46 valence electrons. The van der Waals surface area contributed by atoms with Gasteiger partial charge in [-0.15, -0.1) is 0 Å². The van der Waals surface area contributed by atoms with Crippen LogP contribution in [0.4, 0.5) is 0 Å². The molecule has 0 aliphatic rings. The van der Waals surface area contributed by atoms with Gasteiger partial charge in [-0.25, -0.2) is 0 Å². The van der Waals surface area contributed by atoms with E-state index < -0.39 is 17.4 Å². The first-order valence-electron chi connectivity index (χ1n) is 0.943. The molecule has 0 amide bonds. The Kier molecular flexibility index (Phi) is 62.7. The van der Waals surface area contributed by atoms with Gasteiger partial charge in [0.2, 0.25) is 0 Å². The van der Waals surface area contributed by atoms with Crippen molar-refractivity contribution in [1.82, 2.24) is 0 Å². The molecular weight excluding hydrogens is 227 g/mol. The quantitative estimate of drug-likeness (QED) is 0.358. The Bertz CT molecular complexity index is 30.7. The fourth-order valence-electron chi connectivity index (χ4n) is 0. The van der Waals surface area contributed by atoms with Crippen molar-refractivity contribution >= 4 is 17.4 Å². The molecule has 0 aromatic rings. The Morgan fingerprint density at radius 2 is 1.00 bits per heavy atom. The van der Waals surface area contributed by atoms with Crippen LogP contribution in [0, 0.1) is 0 Å². The average molecular weight is 231 g/mol. The van der Waals surface area contributed by atoms with Crippen LogP contribution in [-0.4, -0.2) is 0 Å².